The van der Waals surface area contributed by atoms with Crippen LogP contribution in [0.25, 0.3) is 0 Å². The van der Waals surface area contributed by atoms with Crippen molar-refractivity contribution in [2.75, 3.05) is 31.2 Å². The summed E-state index contributed by atoms with van der Waals surface area (Å²) >= 11 is 0. The molecule has 3 heterocycles. The first kappa shape index (κ1) is 20.6. The number of carbonyl (C=O) groups is 1. The van der Waals surface area contributed by atoms with Crippen LogP contribution in [-0.4, -0.2) is 47.3 Å². The van der Waals surface area contributed by atoms with Crippen LogP contribution in [0.4, 0.5) is 5.69 Å². The molecule has 0 amide bonds. The van der Waals surface area contributed by atoms with Crippen molar-refractivity contribution in [1.29, 1.82) is 0 Å². The molecule has 160 valence electrons. The van der Waals surface area contributed by atoms with Crippen molar-refractivity contribution in [2.45, 2.75) is 38.7 Å². The maximum atomic E-state index is 11.0. The summed E-state index contributed by atoms with van der Waals surface area (Å²) in [4.78, 5) is 21.9. The highest BCUT2D eigenvalue weighted by Crippen LogP contribution is 2.30. The number of hydrogen-bond acceptors (Lipinski definition) is 6. The highest BCUT2D eigenvalue weighted by atomic mass is 16.5. The number of ether oxygens (including phenoxy) is 2. The van der Waals surface area contributed by atoms with Crippen molar-refractivity contribution >= 4 is 11.7 Å². The fraction of sp³-hybridized carbons (Fsp3) is 0.522. The summed E-state index contributed by atoms with van der Waals surface area (Å²) in [5.41, 5.74) is 1.91. The van der Waals surface area contributed by atoms with Crippen LogP contribution >= 0.6 is 0 Å². The molecule has 1 N–H and O–H groups in total. The van der Waals surface area contributed by atoms with Crippen LogP contribution in [-0.2, 0) is 4.74 Å². The van der Waals surface area contributed by atoms with Crippen LogP contribution < -0.4 is 9.64 Å². The Labute approximate surface area is 177 Å². The molecular weight excluding hydrogens is 382 g/mol. The topological polar surface area (TPSA) is 84.8 Å². The first-order valence-electron chi connectivity index (χ1n) is 10.7. The molecule has 7 heteroatoms. The molecule has 7 nitrogen and oxygen atoms in total. The molecule has 2 aromatic rings. The Kier molecular flexibility index (Phi) is 6.47. The van der Waals surface area contributed by atoms with Crippen molar-refractivity contribution in [3.63, 3.8) is 0 Å². The fourth-order valence-corrected chi connectivity index (χ4v) is 4.15. The number of nitrogens with zero attached hydrogens (tertiary/aromatic N) is 3. The molecule has 2 fully saturated rings. The van der Waals surface area contributed by atoms with Gasteiger partial charge in [-0.05, 0) is 36.8 Å². The largest absolute Gasteiger partial charge is 0.492 e. The van der Waals surface area contributed by atoms with Crippen molar-refractivity contribution in [2.24, 2.45) is 11.8 Å². The van der Waals surface area contributed by atoms with Gasteiger partial charge >= 0.3 is 5.97 Å². The number of aromatic nitrogens is 2. The number of aromatic carboxylic acids is 1. The summed E-state index contributed by atoms with van der Waals surface area (Å²) in [6, 6.07) is 5.33. The van der Waals surface area contributed by atoms with E-state index in [0.29, 0.717) is 19.1 Å². The maximum Gasteiger partial charge on any atom is 0.337 e. The zero-order valence-corrected chi connectivity index (χ0v) is 17.4. The van der Waals surface area contributed by atoms with E-state index in [4.69, 9.17) is 14.6 Å². The average molecular weight is 412 g/mol. The van der Waals surface area contributed by atoms with Crippen LogP contribution in [0.2, 0.25) is 0 Å². The van der Waals surface area contributed by atoms with Crippen molar-refractivity contribution in [1.82, 2.24) is 9.97 Å². The molecule has 1 atom stereocenters. The molecule has 2 aliphatic rings. The second kappa shape index (κ2) is 9.43. The van der Waals surface area contributed by atoms with Crippen LogP contribution in [0.5, 0.6) is 5.75 Å². The van der Waals surface area contributed by atoms with Crippen molar-refractivity contribution in [3.8, 4) is 5.75 Å². The van der Waals surface area contributed by atoms with Crippen molar-refractivity contribution < 1.29 is 19.4 Å². The van der Waals surface area contributed by atoms with Gasteiger partial charge in [-0.25, -0.2) is 4.79 Å². The molecule has 1 aliphatic carbocycles. The molecule has 2 aromatic heterocycles. The summed E-state index contributed by atoms with van der Waals surface area (Å²) in [5, 5.41) is 9.04. The van der Waals surface area contributed by atoms with Gasteiger partial charge in [-0.3, -0.25) is 9.97 Å². The molecule has 1 aliphatic heterocycles. The first-order valence-corrected chi connectivity index (χ1v) is 10.7. The minimum Gasteiger partial charge on any atom is -0.492 e. The average Bonchev–Trinajstić information content (AvgIpc) is 2.79. The molecule has 1 saturated heterocycles. The van der Waals surface area contributed by atoms with Gasteiger partial charge in [0.25, 0.3) is 0 Å². The Bertz CT molecular complexity index is 850. The number of anilines is 1. The first-order chi connectivity index (χ1) is 14.6. The second-order valence-electron chi connectivity index (χ2n) is 8.40. The quantitative estimate of drug-likeness (QED) is 0.770. The van der Waals surface area contributed by atoms with Gasteiger partial charge in [-0.15, -0.1) is 0 Å². The molecule has 1 saturated carbocycles. The molecule has 0 radical (unpaired) electrons. The van der Waals surface area contributed by atoms with E-state index in [1.54, 1.807) is 18.3 Å². The van der Waals surface area contributed by atoms with E-state index in [-0.39, 0.29) is 11.7 Å². The molecule has 1 unspecified atom stereocenters. The Morgan fingerprint density at radius 3 is 2.80 bits per heavy atom. The smallest absolute Gasteiger partial charge is 0.337 e. The third kappa shape index (κ3) is 5.08. The summed E-state index contributed by atoms with van der Waals surface area (Å²) < 4.78 is 11.9. The number of carboxylic acids is 1. The Morgan fingerprint density at radius 1 is 1.23 bits per heavy atom. The maximum absolute atomic E-state index is 11.0. The van der Waals surface area contributed by atoms with Crippen LogP contribution in [0.15, 0.2) is 36.8 Å². The van der Waals surface area contributed by atoms with Gasteiger partial charge in [0.1, 0.15) is 11.9 Å². The predicted octanol–water partition coefficient (Wildman–Crippen LogP) is 3.96. The van der Waals surface area contributed by atoms with E-state index in [1.165, 1.54) is 31.9 Å². The summed E-state index contributed by atoms with van der Waals surface area (Å²) in [6.07, 6.45) is 9.86. The molecular formula is C23H29N3O4. The fourth-order valence-electron chi connectivity index (χ4n) is 4.15. The van der Waals surface area contributed by atoms with Gasteiger partial charge in [-0.1, -0.05) is 19.8 Å². The Hall–Kier alpha value is -2.67. The molecule has 0 spiro atoms. The zero-order chi connectivity index (χ0) is 20.9. The predicted molar refractivity (Wildman–Crippen MR) is 113 cm³/mol. The molecule has 4 rings (SSSR count). The number of rotatable bonds is 6. The monoisotopic (exact) mass is 411 g/mol. The van der Waals surface area contributed by atoms with E-state index in [2.05, 4.69) is 21.8 Å². The number of carboxylic acid groups (broad SMARTS) is 1. The lowest BCUT2D eigenvalue weighted by atomic mass is 9.83. The minimum atomic E-state index is -0.981. The van der Waals surface area contributed by atoms with Gasteiger partial charge < -0.3 is 19.5 Å². The summed E-state index contributed by atoms with van der Waals surface area (Å²) in [7, 11) is 0. The Balaban J connectivity index is 1.37. The Morgan fingerprint density at radius 2 is 2.07 bits per heavy atom. The summed E-state index contributed by atoms with van der Waals surface area (Å²) in [5.74, 6) is 1.30. The van der Waals surface area contributed by atoms with E-state index in [1.807, 2.05) is 12.3 Å². The van der Waals surface area contributed by atoms with Gasteiger partial charge in [0.2, 0.25) is 0 Å². The van der Waals surface area contributed by atoms with Crippen LogP contribution in [0.1, 0.15) is 54.8 Å². The van der Waals surface area contributed by atoms with Crippen molar-refractivity contribution in [3.05, 3.63) is 48.0 Å². The molecule has 30 heavy (non-hydrogen) atoms. The normalized spacial score (nSPS) is 24.4. The number of pyridine rings is 2. The number of hydrogen-bond donors (Lipinski definition) is 1. The lowest BCUT2D eigenvalue weighted by molar-refractivity contribution is 0.0369. The molecule has 0 bridgehead atoms. The van der Waals surface area contributed by atoms with Gasteiger partial charge in [0, 0.05) is 18.8 Å². The SMILES string of the molecule is C[C@H]1CC[C@H](COc2cncc(N3CCOC(c4ccc(C(=O)O)cn4)C3)c2)CC1. The third-order valence-corrected chi connectivity index (χ3v) is 6.11. The lowest BCUT2D eigenvalue weighted by Gasteiger charge is -2.34. The van der Waals surface area contributed by atoms with Gasteiger partial charge in [0.15, 0.2) is 0 Å². The second-order valence-corrected chi connectivity index (χ2v) is 8.40. The van der Waals surface area contributed by atoms with Crippen LogP contribution in [0.3, 0.4) is 0 Å². The van der Waals surface area contributed by atoms with E-state index < -0.39 is 5.97 Å². The van der Waals surface area contributed by atoms with Gasteiger partial charge in [-0.2, -0.15) is 0 Å². The highest BCUT2D eigenvalue weighted by molar-refractivity contribution is 5.87. The highest BCUT2D eigenvalue weighted by Gasteiger charge is 2.24. The lowest BCUT2D eigenvalue weighted by Crippen LogP contribution is -2.38. The number of morpholine rings is 1. The van der Waals surface area contributed by atoms with E-state index in [0.717, 1.165) is 36.2 Å². The van der Waals surface area contributed by atoms with E-state index >= 15 is 0 Å². The summed E-state index contributed by atoms with van der Waals surface area (Å²) in [6.45, 7) is 5.04. The zero-order valence-electron chi connectivity index (χ0n) is 17.4. The van der Waals surface area contributed by atoms with Gasteiger partial charge in [0.05, 0.1) is 49.1 Å². The third-order valence-electron chi connectivity index (χ3n) is 6.11. The molecule has 0 aromatic carbocycles. The van der Waals surface area contributed by atoms with Crippen LogP contribution in [0, 0.1) is 11.8 Å². The standard InChI is InChI=1S/C23H29N3O4/c1-16-2-4-17(5-3-16)15-30-20-10-19(12-24-13-20)26-8-9-29-22(14-26)21-7-6-18(11-25-21)23(27)28/h6-7,10-13,16-17,22H,2-5,8-9,14-15H2,1H3,(H,27,28)/t16-,17-,22?. The minimum absolute atomic E-state index is 0.174. The van der Waals surface area contributed by atoms with E-state index in [9.17, 15) is 4.79 Å².